The number of anilines is 1. The van der Waals surface area contributed by atoms with Gasteiger partial charge in [-0.05, 0) is 22.5 Å². The number of hydrogen-bond acceptors (Lipinski definition) is 5. The van der Waals surface area contributed by atoms with E-state index in [-0.39, 0.29) is 16.6 Å². The topological polar surface area (TPSA) is 91.6 Å². The third kappa shape index (κ3) is 1.20. The molecule has 2 heterocycles. The SMILES string of the molecule is Nc1nccc2nc(Cl)n[n+]([O-])c12. The third-order valence-corrected chi connectivity index (χ3v) is 1.67. The van der Waals surface area contributed by atoms with Gasteiger partial charge in [-0.15, -0.1) is 0 Å². The minimum atomic E-state index is -0.117. The standard InChI is InChI=1S/C6H4ClN5O/c7-6-10-3-1-2-9-5(8)4(3)12(13)11-6/h1-2H,(H2,8,9). The van der Waals surface area contributed by atoms with E-state index < -0.39 is 0 Å². The number of halogens is 1. The molecule has 0 aromatic carbocycles. The van der Waals surface area contributed by atoms with E-state index in [1.165, 1.54) is 12.3 Å². The molecule has 2 rings (SSSR count). The zero-order chi connectivity index (χ0) is 9.42. The lowest BCUT2D eigenvalue weighted by Gasteiger charge is -1.99. The lowest BCUT2D eigenvalue weighted by Crippen LogP contribution is -2.33. The summed E-state index contributed by atoms with van der Waals surface area (Å²) in [4.78, 5) is 7.85. The second-order valence-corrected chi connectivity index (χ2v) is 2.66. The van der Waals surface area contributed by atoms with Crippen molar-refractivity contribution in [1.29, 1.82) is 0 Å². The molecule has 0 aliphatic heterocycles. The number of pyridine rings is 1. The van der Waals surface area contributed by atoms with Gasteiger partial charge in [-0.3, -0.25) is 0 Å². The summed E-state index contributed by atoms with van der Waals surface area (Å²) in [7, 11) is 0. The zero-order valence-corrected chi connectivity index (χ0v) is 7.06. The molecule has 0 aliphatic rings. The molecule has 0 amide bonds. The van der Waals surface area contributed by atoms with E-state index in [0.717, 1.165) is 0 Å². The van der Waals surface area contributed by atoms with Gasteiger partial charge in [0.05, 0.1) is 0 Å². The van der Waals surface area contributed by atoms with Crippen molar-refractivity contribution in [2.45, 2.75) is 0 Å². The summed E-state index contributed by atoms with van der Waals surface area (Å²) >= 11 is 5.47. The molecule has 13 heavy (non-hydrogen) atoms. The maximum absolute atomic E-state index is 11.2. The zero-order valence-electron chi connectivity index (χ0n) is 6.31. The molecule has 0 atom stereocenters. The van der Waals surface area contributed by atoms with Crippen LogP contribution in [0.1, 0.15) is 0 Å². The fourth-order valence-electron chi connectivity index (χ4n) is 0.992. The van der Waals surface area contributed by atoms with E-state index in [2.05, 4.69) is 15.1 Å². The summed E-state index contributed by atoms with van der Waals surface area (Å²) in [6.45, 7) is 0. The Balaban J connectivity index is 2.94. The normalized spacial score (nSPS) is 10.5. The molecule has 0 unspecified atom stereocenters. The molecule has 2 N–H and O–H groups in total. The molecule has 0 fully saturated rings. The van der Waals surface area contributed by atoms with Gasteiger partial charge >= 0.3 is 5.52 Å². The van der Waals surface area contributed by atoms with E-state index in [0.29, 0.717) is 10.4 Å². The van der Waals surface area contributed by atoms with Gasteiger partial charge in [0.2, 0.25) is 5.82 Å². The molecule has 66 valence electrons. The highest BCUT2D eigenvalue weighted by Crippen LogP contribution is 2.12. The maximum Gasteiger partial charge on any atom is 0.312 e. The third-order valence-electron chi connectivity index (χ3n) is 1.51. The Bertz CT molecular complexity index is 474. The first kappa shape index (κ1) is 7.93. The van der Waals surface area contributed by atoms with Gasteiger partial charge in [-0.25, -0.2) is 9.97 Å². The van der Waals surface area contributed by atoms with Crippen molar-refractivity contribution in [2.75, 3.05) is 5.73 Å². The fourth-order valence-corrected chi connectivity index (χ4v) is 1.15. The Morgan fingerprint density at radius 1 is 1.54 bits per heavy atom. The molecule has 0 aliphatic carbocycles. The van der Waals surface area contributed by atoms with Crippen molar-refractivity contribution in [1.82, 2.24) is 15.1 Å². The van der Waals surface area contributed by atoms with Crippen LogP contribution in [0.15, 0.2) is 12.3 Å². The predicted octanol–water partition coefficient (Wildman–Crippen LogP) is -0.106. The van der Waals surface area contributed by atoms with Crippen LogP contribution in [0.5, 0.6) is 0 Å². The number of fused-ring (bicyclic) bond motifs is 1. The van der Waals surface area contributed by atoms with E-state index in [4.69, 9.17) is 17.3 Å². The van der Waals surface area contributed by atoms with Gasteiger partial charge < -0.3 is 10.9 Å². The van der Waals surface area contributed by atoms with E-state index in [1.54, 1.807) is 0 Å². The first-order valence-electron chi connectivity index (χ1n) is 3.36. The van der Waals surface area contributed by atoms with Crippen LogP contribution in [0.25, 0.3) is 11.0 Å². The highest BCUT2D eigenvalue weighted by molar-refractivity contribution is 6.28. The summed E-state index contributed by atoms with van der Waals surface area (Å²) < 4.78 is 0. The molecule has 0 spiro atoms. The number of rotatable bonds is 0. The van der Waals surface area contributed by atoms with Crippen LogP contribution >= 0.6 is 11.6 Å². The van der Waals surface area contributed by atoms with Crippen molar-refractivity contribution in [3.63, 3.8) is 0 Å². The minimum Gasteiger partial charge on any atom is -0.594 e. The van der Waals surface area contributed by atoms with Gasteiger partial charge in [0, 0.05) is 11.3 Å². The largest absolute Gasteiger partial charge is 0.594 e. The average Bonchev–Trinajstić information content (AvgIpc) is 2.02. The Morgan fingerprint density at radius 3 is 3.08 bits per heavy atom. The molecule has 6 nitrogen and oxygen atoms in total. The number of nitrogens with zero attached hydrogens (tertiary/aromatic N) is 4. The summed E-state index contributed by atoms with van der Waals surface area (Å²) in [6, 6.07) is 1.54. The number of nitrogens with two attached hydrogens (primary N) is 1. The van der Waals surface area contributed by atoms with Crippen molar-refractivity contribution < 1.29 is 4.85 Å². The van der Waals surface area contributed by atoms with E-state index in [1.807, 2.05) is 0 Å². The molecule has 0 bridgehead atoms. The van der Waals surface area contributed by atoms with Gasteiger partial charge in [0.25, 0.3) is 5.28 Å². The molecular weight excluding hydrogens is 194 g/mol. The van der Waals surface area contributed by atoms with Gasteiger partial charge in [0.15, 0.2) is 0 Å². The summed E-state index contributed by atoms with van der Waals surface area (Å²) in [6.07, 6.45) is 1.45. The van der Waals surface area contributed by atoms with Crippen molar-refractivity contribution in [3.05, 3.63) is 22.8 Å². The number of aromatic nitrogens is 4. The quantitative estimate of drug-likeness (QED) is 0.470. The van der Waals surface area contributed by atoms with Crippen LogP contribution in [0.2, 0.25) is 5.28 Å². The molecule has 0 saturated carbocycles. The lowest BCUT2D eigenvalue weighted by molar-refractivity contribution is -0.642. The summed E-state index contributed by atoms with van der Waals surface area (Å²) in [5.74, 6) is 0.0872. The minimum absolute atomic E-state index is 0.0872. The predicted molar refractivity (Wildman–Crippen MR) is 45.7 cm³/mol. The lowest BCUT2D eigenvalue weighted by atomic mass is 10.4. The summed E-state index contributed by atoms with van der Waals surface area (Å²) in [5, 5.41) is 14.4. The van der Waals surface area contributed by atoms with Crippen LogP contribution in [0.3, 0.4) is 0 Å². The second-order valence-electron chi connectivity index (χ2n) is 2.32. The molecule has 7 heteroatoms. The van der Waals surface area contributed by atoms with Crippen molar-refractivity contribution in [3.8, 4) is 0 Å². The van der Waals surface area contributed by atoms with Crippen LogP contribution in [-0.2, 0) is 0 Å². The Morgan fingerprint density at radius 2 is 2.31 bits per heavy atom. The fraction of sp³-hybridized carbons (Fsp3) is 0. The van der Waals surface area contributed by atoms with E-state index in [9.17, 15) is 5.21 Å². The number of nitrogen functional groups attached to an aromatic ring is 1. The first-order chi connectivity index (χ1) is 6.18. The number of hydrogen-bond donors (Lipinski definition) is 1. The van der Waals surface area contributed by atoms with Crippen molar-refractivity contribution in [2.24, 2.45) is 0 Å². The van der Waals surface area contributed by atoms with Gasteiger partial charge in [-0.2, -0.15) is 0 Å². The molecule has 2 aromatic heterocycles. The second kappa shape index (κ2) is 2.67. The summed E-state index contributed by atoms with van der Waals surface area (Å²) in [5.41, 5.74) is 5.96. The molecular formula is C6H4ClN5O. The molecule has 0 radical (unpaired) electrons. The van der Waals surface area contributed by atoms with Crippen molar-refractivity contribution >= 4 is 28.5 Å². The van der Waals surface area contributed by atoms with Crippen LogP contribution in [0.4, 0.5) is 5.82 Å². The highest BCUT2D eigenvalue weighted by atomic mass is 35.5. The Labute approximate surface area is 77.6 Å². The first-order valence-corrected chi connectivity index (χ1v) is 3.74. The molecule has 2 aromatic rings. The van der Waals surface area contributed by atoms with Gasteiger partial charge in [0.1, 0.15) is 5.52 Å². The Kier molecular flexibility index (Phi) is 1.63. The van der Waals surface area contributed by atoms with Crippen LogP contribution < -0.4 is 10.6 Å². The smallest absolute Gasteiger partial charge is 0.312 e. The highest BCUT2D eigenvalue weighted by Gasteiger charge is 2.12. The van der Waals surface area contributed by atoms with Crippen LogP contribution in [0, 0.1) is 5.21 Å². The average molecular weight is 198 g/mol. The van der Waals surface area contributed by atoms with Crippen LogP contribution in [-0.4, -0.2) is 15.1 Å². The van der Waals surface area contributed by atoms with E-state index >= 15 is 0 Å². The van der Waals surface area contributed by atoms with Gasteiger partial charge in [-0.1, -0.05) is 0 Å². The molecule has 0 saturated heterocycles. The maximum atomic E-state index is 11.2. The Hall–Kier alpha value is -1.69. The monoisotopic (exact) mass is 197 g/mol.